The molecule has 0 bridgehead atoms. The smallest absolute Gasteiger partial charge is 0.127 e. The molecule has 1 aromatic rings. The molecule has 1 aliphatic rings. The quantitative estimate of drug-likeness (QED) is 0.872. The van der Waals surface area contributed by atoms with Crippen LogP contribution < -0.4 is 5.73 Å². The third-order valence-corrected chi connectivity index (χ3v) is 4.62. The van der Waals surface area contributed by atoms with E-state index >= 15 is 0 Å². The molecule has 1 aromatic carbocycles. The first kappa shape index (κ1) is 13.8. The zero-order chi connectivity index (χ0) is 13.1. The molecule has 2 rings (SSSR count). The fourth-order valence-electron chi connectivity index (χ4n) is 3.00. The van der Waals surface area contributed by atoms with Crippen LogP contribution in [0.4, 0.5) is 4.39 Å². The molecule has 0 radical (unpaired) electrons. The zero-order valence-electron chi connectivity index (χ0n) is 10.8. The van der Waals surface area contributed by atoms with Gasteiger partial charge < -0.3 is 5.73 Å². The van der Waals surface area contributed by atoms with E-state index in [0.29, 0.717) is 22.9 Å². The molecule has 3 atom stereocenters. The molecule has 0 aliphatic heterocycles. The van der Waals surface area contributed by atoms with Crippen LogP contribution in [0, 0.1) is 17.7 Å². The van der Waals surface area contributed by atoms with Crippen LogP contribution in [-0.2, 0) is 6.42 Å². The summed E-state index contributed by atoms with van der Waals surface area (Å²) in [5.74, 6) is 1.09. The normalized spacial score (nSPS) is 25.3. The highest BCUT2D eigenvalue weighted by atomic mass is 35.5. The lowest BCUT2D eigenvalue weighted by molar-refractivity contribution is 0.401. The van der Waals surface area contributed by atoms with Gasteiger partial charge in [-0.3, -0.25) is 0 Å². The van der Waals surface area contributed by atoms with E-state index < -0.39 is 0 Å². The molecule has 18 heavy (non-hydrogen) atoms. The van der Waals surface area contributed by atoms with Crippen LogP contribution in [0.15, 0.2) is 18.2 Å². The molecule has 0 heterocycles. The van der Waals surface area contributed by atoms with Crippen LogP contribution in [0.3, 0.4) is 0 Å². The van der Waals surface area contributed by atoms with Crippen LogP contribution in [0.1, 0.15) is 38.2 Å². The first-order chi connectivity index (χ1) is 8.61. The Kier molecular flexibility index (Phi) is 4.63. The lowest BCUT2D eigenvalue weighted by Gasteiger charge is -2.20. The minimum atomic E-state index is -0.233. The van der Waals surface area contributed by atoms with Crippen molar-refractivity contribution in [2.45, 2.75) is 45.1 Å². The van der Waals surface area contributed by atoms with Crippen molar-refractivity contribution in [3.8, 4) is 0 Å². The van der Waals surface area contributed by atoms with E-state index in [2.05, 4.69) is 6.92 Å². The molecule has 1 fully saturated rings. The van der Waals surface area contributed by atoms with Gasteiger partial charge in [0.2, 0.25) is 0 Å². The number of hydrogen-bond donors (Lipinski definition) is 1. The molecule has 3 unspecified atom stereocenters. The van der Waals surface area contributed by atoms with E-state index in [-0.39, 0.29) is 11.9 Å². The lowest BCUT2D eigenvalue weighted by Crippen LogP contribution is -2.31. The maximum atomic E-state index is 13.7. The van der Waals surface area contributed by atoms with Gasteiger partial charge in [0.15, 0.2) is 0 Å². The molecule has 2 N–H and O–H groups in total. The first-order valence-corrected chi connectivity index (χ1v) is 7.18. The largest absolute Gasteiger partial charge is 0.327 e. The highest BCUT2D eigenvalue weighted by Gasteiger charge is 2.28. The van der Waals surface area contributed by atoms with Gasteiger partial charge in [-0.05, 0) is 43.2 Å². The Labute approximate surface area is 114 Å². The average molecular weight is 270 g/mol. The zero-order valence-corrected chi connectivity index (χ0v) is 11.6. The minimum absolute atomic E-state index is 0.0240. The molecule has 3 heteroatoms. The van der Waals surface area contributed by atoms with Crippen molar-refractivity contribution in [3.63, 3.8) is 0 Å². The monoisotopic (exact) mass is 269 g/mol. The fourth-order valence-corrected chi connectivity index (χ4v) is 3.24. The van der Waals surface area contributed by atoms with Gasteiger partial charge in [0.1, 0.15) is 5.82 Å². The Bertz CT molecular complexity index is 387. The highest BCUT2D eigenvalue weighted by Crippen LogP contribution is 2.35. The van der Waals surface area contributed by atoms with E-state index in [1.807, 2.05) is 0 Å². The van der Waals surface area contributed by atoms with Crippen LogP contribution in [0.2, 0.25) is 5.02 Å². The predicted molar refractivity (Wildman–Crippen MR) is 74.2 cm³/mol. The summed E-state index contributed by atoms with van der Waals surface area (Å²) in [6, 6.07) is 4.85. The second-order valence-corrected chi connectivity index (χ2v) is 5.82. The molecule has 1 aliphatic carbocycles. The summed E-state index contributed by atoms with van der Waals surface area (Å²) < 4.78 is 13.7. The second kappa shape index (κ2) is 6.03. The summed E-state index contributed by atoms with van der Waals surface area (Å²) in [4.78, 5) is 0. The SMILES string of the molecule is CCC1CCC(C(N)Cc2c(F)cccc2Cl)C1. The standard InChI is InChI=1S/C15H21ClFN/c1-2-10-6-7-11(8-10)15(18)9-12-13(16)4-3-5-14(12)17/h3-5,10-11,15H,2,6-9,18H2,1H3. The highest BCUT2D eigenvalue weighted by molar-refractivity contribution is 6.31. The van der Waals surface area contributed by atoms with Crippen LogP contribution in [-0.4, -0.2) is 6.04 Å². The van der Waals surface area contributed by atoms with Crippen molar-refractivity contribution in [1.82, 2.24) is 0 Å². The Balaban J connectivity index is 2.01. The molecular formula is C15H21ClFN. The molecule has 0 amide bonds. The molecule has 1 saturated carbocycles. The Hall–Kier alpha value is -0.600. The van der Waals surface area contributed by atoms with Gasteiger partial charge in [0.25, 0.3) is 0 Å². The van der Waals surface area contributed by atoms with Crippen molar-refractivity contribution in [3.05, 3.63) is 34.6 Å². The number of halogens is 2. The number of rotatable bonds is 4. The van der Waals surface area contributed by atoms with Gasteiger partial charge in [-0.2, -0.15) is 0 Å². The topological polar surface area (TPSA) is 26.0 Å². The van der Waals surface area contributed by atoms with E-state index in [0.717, 1.165) is 5.92 Å². The average Bonchev–Trinajstić information content (AvgIpc) is 2.82. The first-order valence-electron chi connectivity index (χ1n) is 6.80. The maximum absolute atomic E-state index is 13.7. The van der Waals surface area contributed by atoms with E-state index in [9.17, 15) is 4.39 Å². The predicted octanol–water partition coefficient (Wildman–Crippen LogP) is 4.18. The van der Waals surface area contributed by atoms with Crippen LogP contribution in [0.5, 0.6) is 0 Å². The number of benzene rings is 1. The van der Waals surface area contributed by atoms with Gasteiger partial charge in [-0.1, -0.05) is 37.4 Å². The minimum Gasteiger partial charge on any atom is -0.327 e. The lowest BCUT2D eigenvalue weighted by atomic mass is 9.91. The summed E-state index contributed by atoms with van der Waals surface area (Å²) in [6.07, 6.45) is 5.39. The van der Waals surface area contributed by atoms with Crippen molar-refractivity contribution in [1.29, 1.82) is 0 Å². The van der Waals surface area contributed by atoms with Crippen molar-refractivity contribution < 1.29 is 4.39 Å². The molecule has 100 valence electrons. The van der Waals surface area contributed by atoms with Crippen molar-refractivity contribution in [2.75, 3.05) is 0 Å². The van der Waals surface area contributed by atoms with Gasteiger partial charge in [-0.15, -0.1) is 0 Å². The van der Waals surface area contributed by atoms with E-state index in [1.54, 1.807) is 12.1 Å². The van der Waals surface area contributed by atoms with Gasteiger partial charge in [0, 0.05) is 16.6 Å². The Morgan fingerprint density at radius 3 is 2.83 bits per heavy atom. The third kappa shape index (κ3) is 3.04. The molecule has 0 spiro atoms. The fraction of sp³-hybridized carbons (Fsp3) is 0.600. The van der Waals surface area contributed by atoms with E-state index in [4.69, 9.17) is 17.3 Å². The van der Waals surface area contributed by atoms with E-state index in [1.165, 1.54) is 31.7 Å². The maximum Gasteiger partial charge on any atom is 0.127 e. The summed E-state index contributed by atoms with van der Waals surface area (Å²) in [6.45, 7) is 2.23. The molecule has 0 aromatic heterocycles. The summed E-state index contributed by atoms with van der Waals surface area (Å²) in [5.41, 5.74) is 6.82. The Morgan fingerprint density at radius 1 is 1.44 bits per heavy atom. The third-order valence-electron chi connectivity index (χ3n) is 4.27. The van der Waals surface area contributed by atoms with Crippen LogP contribution >= 0.6 is 11.6 Å². The summed E-state index contributed by atoms with van der Waals surface area (Å²) in [5, 5.41) is 0.496. The van der Waals surface area contributed by atoms with Gasteiger partial charge in [-0.25, -0.2) is 4.39 Å². The van der Waals surface area contributed by atoms with Gasteiger partial charge >= 0.3 is 0 Å². The van der Waals surface area contributed by atoms with Crippen LogP contribution in [0.25, 0.3) is 0 Å². The second-order valence-electron chi connectivity index (χ2n) is 5.42. The number of hydrogen-bond acceptors (Lipinski definition) is 1. The molecule has 0 saturated heterocycles. The molecular weight excluding hydrogens is 249 g/mol. The number of nitrogens with two attached hydrogens (primary N) is 1. The van der Waals surface area contributed by atoms with Crippen molar-refractivity contribution >= 4 is 11.6 Å². The molecule has 1 nitrogen and oxygen atoms in total. The van der Waals surface area contributed by atoms with Gasteiger partial charge in [0.05, 0.1) is 0 Å². The Morgan fingerprint density at radius 2 is 2.22 bits per heavy atom. The summed E-state index contributed by atoms with van der Waals surface area (Å²) in [7, 11) is 0. The van der Waals surface area contributed by atoms with Crippen molar-refractivity contribution in [2.24, 2.45) is 17.6 Å². The summed E-state index contributed by atoms with van der Waals surface area (Å²) >= 11 is 6.04.